The minimum absolute atomic E-state index is 0.283. The predicted molar refractivity (Wildman–Crippen MR) is 186 cm³/mol. The fourth-order valence-electron chi connectivity index (χ4n) is 4.06. The summed E-state index contributed by atoms with van der Waals surface area (Å²) in [5, 5.41) is 3.37. The van der Waals surface area contributed by atoms with Gasteiger partial charge in [0.1, 0.15) is 17.2 Å². The number of rotatable bonds is 20. The van der Waals surface area contributed by atoms with Crippen LogP contribution in [0.1, 0.15) is 54.4 Å². The van der Waals surface area contributed by atoms with Gasteiger partial charge in [-0.25, -0.2) is 9.59 Å². The van der Waals surface area contributed by atoms with Gasteiger partial charge in [-0.15, -0.1) is 0 Å². The molecular weight excluding hydrogens is 643 g/mol. The molecule has 0 saturated carbocycles. The number of esters is 2. The molecule has 0 aromatic heterocycles. The third-order valence-electron chi connectivity index (χ3n) is 6.55. The van der Waals surface area contributed by atoms with Crippen molar-refractivity contribution in [2.24, 2.45) is 4.99 Å². The molecule has 47 heavy (non-hydrogen) atoms. The van der Waals surface area contributed by atoms with Crippen LogP contribution in [0, 0.1) is 0 Å². The Morgan fingerprint density at radius 1 is 0.681 bits per heavy atom. The lowest BCUT2D eigenvalue weighted by molar-refractivity contribution is -0.138. The van der Waals surface area contributed by atoms with Crippen LogP contribution in [-0.4, -0.2) is 50.5 Å². The summed E-state index contributed by atoms with van der Waals surface area (Å²) in [6, 6.07) is 17.4. The quantitative estimate of drug-likeness (QED) is 0.0551. The Labute approximate surface area is 285 Å². The maximum Gasteiger partial charge on any atom is 0.330 e. The van der Waals surface area contributed by atoms with Crippen LogP contribution in [0.15, 0.2) is 91.0 Å². The van der Waals surface area contributed by atoms with Gasteiger partial charge >= 0.3 is 11.9 Å². The number of anilines is 1. The molecule has 0 saturated heterocycles. The van der Waals surface area contributed by atoms with Gasteiger partial charge in [-0.05, 0) is 105 Å². The number of aliphatic imine (C=N–C) groups is 1. The molecule has 0 atom stereocenters. The maximum absolute atomic E-state index is 12.8. The SMILES string of the molecule is C=CC(=O)OCCCCCOc1ccc(/C=N/c2c(Cl)cc(NC(=O)c3ccc(OCCCCCOC(=O)C=C)cc3)cc2Cl)cc1. The van der Waals surface area contributed by atoms with Gasteiger partial charge in [0.25, 0.3) is 5.91 Å². The second-order valence-corrected chi connectivity index (χ2v) is 11.0. The molecule has 0 aliphatic carbocycles. The molecule has 248 valence electrons. The average molecular weight is 682 g/mol. The molecule has 11 heteroatoms. The Morgan fingerprint density at radius 3 is 1.64 bits per heavy atom. The zero-order valence-corrected chi connectivity index (χ0v) is 27.6. The molecule has 3 aromatic rings. The Bertz CT molecular complexity index is 1500. The molecule has 0 radical (unpaired) electrons. The normalized spacial score (nSPS) is 10.7. The Hall–Kier alpha value is -4.60. The van der Waals surface area contributed by atoms with Gasteiger partial charge in [0.2, 0.25) is 0 Å². The van der Waals surface area contributed by atoms with Crippen LogP contribution in [0.4, 0.5) is 11.4 Å². The number of amides is 1. The first kappa shape index (κ1) is 36.9. The lowest BCUT2D eigenvalue weighted by Crippen LogP contribution is -2.11. The third kappa shape index (κ3) is 13.7. The number of nitrogens with zero attached hydrogens (tertiary/aromatic N) is 1. The highest BCUT2D eigenvalue weighted by atomic mass is 35.5. The summed E-state index contributed by atoms with van der Waals surface area (Å²) in [6.07, 6.45) is 8.83. The van der Waals surface area contributed by atoms with Gasteiger partial charge in [0.05, 0.1) is 36.5 Å². The average Bonchev–Trinajstić information content (AvgIpc) is 3.07. The molecule has 0 aliphatic rings. The number of carbonyl (C=O) groups excluding carboxylic acids is 3. The zero-order valence-electron chi connectivity index (χ0n) is 26.1. The summed E-state index contributed by atoms with van der Waals surface area (Å²) in [4.78, 5) is 39.3. The standard InChI is InChI=1S/C36H38Cl2N2O7/c1-3-33(41)46-21-9-5-7-19-44-29-15-11-26(12-16-29)25-39-35-31(37)23-28(24-32(35)38)40-36(43)27-13-17-30(18-14-27)45-20-8-6-10-22-47-34(42)4-2/h3-4,11-18,23-25H,1-2,5-10,19-22H2,(H,40,43)/b39-25+. The second-order valence-electron chi connectivity index (χ2n) is 10.2. The minimum atomic E-state index is -0.420. The fourth-order valence-corrected chi connectivity index (χ4v) is 4.65. The number of ether oxygens (including phenoxy) is 4. The van der Waals surface area contributed by atoms with Crippen molar-refractivity contribution in [3.05, 3.63) is 107 Å². The van der Waals surface area contributed by atoms with Crippen molar-refractivity contribution < 1.29 is 33.3 Å². The molecular formula is C36H38Cl2N2O7. The molecule has 3 aromatic carbocycles. The largest absolute Gasteiger partial charge is 0.494 e. The van der Waals surface area contributed by atoms with Crippen LogP contribution in [-0.2, 0) is 19.1 Å². The number of benzene rings is 3. The van der Waals surface area contributed by atoms with Crippen molar-refractivity contribution >= 4 is 58.6 Å². The van der Waals surface area contributed by atoms with Crippen LogP contribution in [0.5, 0.6) is 11.5 Å². The molecule has 9 nitrogen and oxygen atoms in total. The van der Waals surface area contributed by atoms with E-state index in [0.29, 0.717) is 49.1 Å². The Morgan fingerprint density at radius 2 is 1.15 bits per heavy atom. The van der Waals surface area contributed by atoms with E-state index in [1.165, 1.54) is 0 Å². The van der Waals surface area contributed by atoms with Crippen LogP contribution in [0.25, 0.3) is 0 Å². The number of unbranched alkanes of at least 4 members (excludes halogenated alkanes) is 4. The number of carbonyl (C=O) groups is 3. The fraction of sp³-hybridized carbons (Fsp3) is 0.278. The smallest absolute Gasteiger partial charge is 0.330 e. The van der Waals surface area contributed by atoms with Crippen molar-refractivity contribution in [1.29, 1.82) is 0 Å². The summed E-state index contributed by atoms with van der Waals surface area (Å²) >= 11 is 12.9. The van der Waals surface area contributed by atoms with E-state index in [4.69, 9.17) is 42.1 Å². The first-order valence-electron chi connectivity index (χ1n) is 15.2. The molecule has 0 spiro atoms. The number of hydrogen-bond acceptors (Lipinski definition) is 8. The molecule has 1 N–H and O–H groups in total. The van der Waals surface area contributed by atoms with Crippen molar-refractivity contribution in [3.8, 4) is 11.5 Å². The topological polar surface area (TPSA) is 113 Å². The van der Waals surface area contributed by atoms with E-state index in [0.717, 1.165) is 62.0 Å². The van der Waals surface area contributed by atoms with E-state index in [2.05, 4.69) is 23.5 Å². The van der Waals surface area contributed by atoms with Crippen molar-refractivity contribution in [3.63, 3.8) is 0 Å². The highest BCUT2D eigenvalue weighted by Gasteiger charge is 2.12. The van der Waals surface area contributed by atoms with Gasteiger partial charge in [0, 0.05) is 29.6 Å². The third-order valence-corrected chi connectivity index (χ3v) is 7.13. The highest BCUT2D eigenvalue weighted by molar-refractivity contribution is 6.39. The summed E-state index contributed by atoms with van der Waals surface area (Å²) < 4.78 is 21.4. The zero-order chi connectivity index (χ0) is 33.9. The molecule has 0 bridgehead atoms. The Balaban J connectivity index is 1.42. The van der Waals surface area contributed by atoms with Crippen LogP contribution >= 0.6 is 23.2 Å². The highest BCUT2D eigenvalue weighted by Crippen LogP contribution is 2.36. The molecule has 0 heterocycles. The lowest BCUT2D eigenvalue weighted by atomic mass is 10.2. The Kier molecular flexibility index (Phi) is 16.1. The van der Waals surface area contributed by atoms with Gasteiger partial charge in [-0.1, -0.05) is 36.4 Å². The van der Waals surface area contributed by atoms with E-state index < -0.39 is 11.9 Å². The first-order chi connectivity index (χ1) is 22.8. The number of nitrogens with one attached hydrogen (secondary N) is 1. The summed E-state index contributed by atoms with van der Waals surface area (Å²) in [7, 11) is 0. The predicted octanol–water partition coefficient (Wildman–Crippen LogP) is 8.55. The molecule has 0 fully saturated rings. The van der Waals surface area contributed by atoms with Gasteiger partial charge < -0.3 is 24.3 Å². The minimum Gasteiger partial charge on any atom is -0.494 e. The van der Waals surface area contributed by atoms with Gasteiger partial charge in [0.15, 0.2) is 0 Å². The van der Waals surface area contributed by atoms with Crippen LogP contribution in [0.3, 0.4) is 0 Å². The maximum atomic E-state index is 12.8. The monoisotopic (exact) mass is 680 g/mol. The second kappa shape index (κ2) is 20.5. The molecule has 0 unspecified atom stereocenters. The summed E-state index contributed by atoms with van der Waals surface area (Å²) in [5.41, 5.74) is 2.08. The molecule has 3 rings (SSSR count). The van der Waals surface area contributed by atoms with Crippen LogP contribution < -0.4 is 14.8 Å². The van der Waals surface area contributed by atoms with Crippen molar-refractivity contribution in [1.82, 2.24) is 0 Å². The van der Waals surface area contributed by atoms with Gasteiger partial charge in [-0.3, -0.25) is 9.79 Å². The summed E-state index contributed by atoms with van der Waals surface area (Å²) in [6.45, 7) is 8.51. The van der Waals surface area contributed by atoms with E-state index in [1.54, 1.807) is 42.6 Å². The number of hydrogen-bond donors (Lipinski definition) is 1. The van der Waals surface area contributed by atoms with E-state index in [9.17, 15) is 14.4 Å². The van der Waals surface area contributed by atoms with E-state index >= 15 is 0 Å². The molecule has 1 amide bonds. The van der Waals surface area contributed by atoms with Gasteiger partial charge in [-0.2, -0.15) is 0 Å². The van der Waals surface area contributed by atoms with Crippen LogP contribution in [0.2, 0.25) is 10.0 Å². The number of halogens is 2. The van der Waals surface area contributed by atoms with Crippen molar-refractivity contribution in [2.75, 3.05) is 31.7 Å². The molecule has 0 aliphatic heterocycles. The summed E-state index contributed by atoms with van der Waals surface area (Å²) in [5.74, 6) is 0.221. The first-order valence-corrected chi connectivity index (χ1v) is 15.9. The van der Waals surface area contributed by atoms with E-state index in [1.807, 2.05) is 24.3 Å². The van der Waals surface area contributed by atoms with Crippen molar-refractivity contribution in [2.45, 2.75) is 38.5 Å². The lowest BCUT2D eigenvalue weighted by Gasteiger charge is -2.10. The van der Waals surface area contributed by atoms with E-state index in [-0.39, 0.29) is 16.0 Å².